The van der Waals surface area contributed by atoms with Gasteiger partial charge in [0.15, 0.2) is 5.78 Å². The summed E-state index contributed by atoms with van der Waals surface area (Å²) < 4.78 is 158. The van der Waals surface area contributed by atoms with E-state index >= 15 is 0 Å². The molecule has 49 heavy (non-hydrogen) atoms. The number of halogens is 10. The van der Waals surface area contributed by atoms with Crippen molar-refractivity contribution in [1.29, 1.82) is 0 Å². The molecule has 2 rings (SSSR count). The fourth-order valence-electron chi connectivity index (χ4n) is 3.38. The fourth-order valence-corrected chi connectivity index (χ4v) is 3.38. The molecule has 0 amide bonds. The Kier molecular flexibility index (Phi) is 13.9. The number of ether oxygens (including phenoxy) is 6. The number of ketones is 1. The Balaban J connectivity index is 2.17. The summed E-state index contributed by atoms with van der Waals surface area (Å²) in [5, 5.41) is 0. The molecule has 0 bridgehead atoms. The maximum Gasteiger partial charge on any atom is 0.462 e. The van der Waals surface area contributed by atoms with E-state index in [4.69, 9.17) is 18.9 Å². The first-order valence-corrected chi connectivity index (χ1v) is 13.6. The van der Waals surface area contributed by atoms with E-state index in [-0.39, 0.29) is 44.0 Å². The van der Waals surface area contributed by atoms with Crippen molar-refractivity contribution in [2.75, 3.05) is 33.5 Å². The maximum absolute atomic E-state index is 14.3. The highest BCUT2D eigenvalue weighted by molar-refractivity contribution is 5.97. The van der Waals surface area contributed by atoms with E-state index in [0.29, 0.717) is 17.7 Å². The molecule has 1 atom stereocenters. The predicted octanol–water partition coefficient (Wildman–Crippen LogP) is 6.56. The van der Waals surface area contributed by atoms with Crippen LogP contribution in [0.4, 0.5) is 43.9 Å². The third-order valence-corrected chi connectivity index (χ3v) is 5.88. The summed E-state index contributed by atoms with van der Waals surface area (Å²) in [5.41, 5.74) is -1.08. The Morgan fingerprint density at radius 1 is 0.653 bits per heavy atom. The molecule has 0 spiro atoms. The number of hydrogen-bond acceptors (Lipinski definition) is 10. The van der Waals surface area contributed by atoms with Crippen LogP contribution in [-0.2, 0) is 23.7 Å². The third-order valence-electron chi connectivity index (χ3n) is 5.88. The van der Waals surface area contributed by atoms with Crippen molar-refractivity contribution in [2.24, 2.45) is 0 Å². The van der Waals surface area contributed by atoms with Gasteiger partial charge in [-0.15, -0.1) is 0 Å². The largest absolute Gasteiger partial charge is 0.462 e. The van der Waals surface area contributed by atoms with Crippen LogP contribution in [0, 0.1) is 0 Å². The highest BCUT2D eigenvalue weighted by atomic mass is 19.4. The van der Waals surface area contributed by atoms with Crippen molar-refractivity contribution in [3.05, 3.63) is 64.7 Å². The lowest BCUT2D eigenvalue weighted by molar-refractivity contribution is -0.460. The number of Topliss-reactive ketones (excluding diaryl/α,β-unsaturated/α-hetero) is 1. The second-order valence-electron chi connectivity index (χ2n) is 9.67. The van der Waals surface area contributed by atoms with Crippen LogP contribution in [0.5, 0.6) is 5.75 Å². The minimum Gasteiger partial charge on any atom is -0.462 e. The minimum absolute atomic E-state index is 0.0935. The molecule has 2 aromatic carbocycles. The van der Waals surface area contributed by atoms with Crippen LogP contribution in [0.1, 0.15) is 61.2 Å². The van der Waals surface area contributed by atoms with Crippen molar-refractivity contribution >= 4 is 23.7 Å². The van der Waals surface area contributed by atoms with Crippen LogP contribution in [0.25, 0.3) is 0 Å². The minimum atomic E-state index is -7.11. The zero-order chi connectivity index (χ0) is 37.2. The fraction of sp³-hybridized carbons (Fsp3) is 0.448. The summed E-state index contributed by atoms with van der Waals surface area (Å²) in [4.78, 5) is 48.5. The van der Waals surface area contributed by atoms with Gasteiger partial charge in [-0.3, -0.25) is 9.53 Å². The van der Waals surface area contributed by atoms with Crippen LogP contribution >= 0.6 is 0 Å². The van der Waals surface area contributed by atoms with Crippen molar-refractivity contribution in [2.45, 2.75) is 50.4 Å². The number of methoxy groups -OCH3 is 1. The van der Waals surface area contributed by atoms with E-state index < -0.39 is 72.1 Å². The first-order chi connectivity index (χ1) is 22.6. The van der Waals surface area contributed by atoms with Crippen LogP contribution in [-0.4, -0.2) is 87.9 Å². The quantitative estimate of drug-likeness (QED) is 0.0549. The van der Waals surface area contributed by atoms with E-state index in [1.54, 1.807) is 0 Å². The van der Waals surface area contributed by atoms with Gasteiger partial charge >= 0.3 is 48.6 Å². The lowest BCUT2D eigenvalue weighted by atomic mass is 10.1. The first-order valence-electron chi connectivity index (χ1n) is 13.6. The van der Waals surface area contributed by atoms with Crippen molar-refractivity contribution < 1.29 is 91.5 Å². The highest BCUT2D eigenvalue weighted by Crippen LogP contribution is 2.48. The average Bonchev–Trinajstić information content (AvgIpc) is 3.01. The Labute approximate surface area is 270 Å². The summed E-state index contributed by atoms with van der Waals surface area (Å²) in [5.74, 6) is -12.2. The zero-order valence-corrected chi connectivity index (χ0v) is 25.2. The Morgan fingerprint density at radius 2 is 1.08 bits per heavy atom. The second kappa shape index (κ2) is 16.8. The van der Waals surface area contributed by atoms with Crippen LogP contribution in [0.15, 0.2) is 42.5 Å². The summed E-state index contributed by atoms with van der Waals surface area (Å²) in [7, 11) is 1.32. The van der Waals surface area contributed by atoms with Crippen LogP contribution in [0.3, 0.4) is 0 Å². The first kappa shape index (κ1) is 40.7. The number of alkyl halides is 10. The molecule has 0 saturated heterocycles. The molecule has 1 unspecified atom stereocenters. The van der Waals surface area contributed by atoms with Crippen LogP contribution in [0.2, 0.25) is 0 Å². The molecule has 0 N–H and O–H groups in total. The van der Waals surface area contributed by atoms with Crippen molar-refractivity contribution in [3.63, 3.8) is 0 Å². The van der Waals surface area contributed by atoms with Gasteiger partial charge in [0.1, 0.15) is 5.75 Å². The van der Waals surface area contributed by atoms with Crippen molar-refractivity contribution in [1.82, 2.24) is 0 Å². The molecular weight excluding hydrogens is 698 g/mol. The predicted molar refractivity (Wildman–Crippen MR) is 142 cm³/mol. The van der Waals surface area contributed by atoms with Crippen LogP contribution < -0.4 is 4.74 Å². The number of carbonyl (C=O) groups excluding carboxylic acids is 4. The Hall–Kier alpha value is -4.46. The molecule has 0 aliphatic heterocycles. The number of hydrogen-bond donors (Lipinski definition) is 0. The van der Waals surface area contributed by atoms with Gasteiger partial charge in [0.2, 0.25) is 0 Å². The Morgan fingerprint density at radius 3 is 1.51 bits per heavy atom. The van der Waals surface area contributed by atoms with E-state index in [1.165, 1.54) is 38.3 Å². The topological polar surface area (TPSA) is 124 Å². The van der Waals surface area contributed by atoms with Gasteiger partial charge in [-0.1, -0.05) is 12.1 Å². The molecule has 0 heterocycles. The van der Waals surface area contributed by atoms with Gasteiger partial charge in [0.25, 0.3) is 0 Å². The van der Waals surface area contributed by atoms with Gasteiger partial charge in [-0.2, -0.15) is 39.5 Å². The summed E-state index contributed by atoms with van der Waals surface area (Å²) >= 11 is 0. The zero-order valence-electron chi connectivity index (χ0n) is 25.2. The number of esters is 3. The van der Waals surface area contributed by atoms with Gasteiger partial charge in [-0.25, -0.2) is 18.8 Å². The van der Waals surface area contributed by atoms with E-state index in [9.17, 15) is 63.1 Å². The summed E-state index contributed by atoms with van der Waals surface area (Å²) in [6.45, 7) is 0.315. The normalized spacial score (nSPS) is 13.0. The molecule has 0 aliphatic rings. The summed E-state index contributed by atoms with van der Waals surface area (Å²) in [6, 6.07) is 6.90. The second-order valence-corrected chi connectivity index (χ2v) is 9.67. The van der Waals surface area contributed by atoms with E-state index in [0.717, 1.165) is 6.07 Å². The third kappa shape index (κ3) is 11.3. The SMILES string of the molecule is COCCCOC(=O)c1cc(OC(F)(F)C(F)OC(F)(F)C(F)(F)C(F)(F)F)cc(C(=O)OCCCOC(=O)c2ccc(C(C)=O)cc2)c1. The van der Waals surface area contributed by atoms with E-state index in [1.807, 2.05) is 0 Å². The van der Waals surface area contributed by atoms with Crippen molar-refractivity contribution in [3.8, 4) is 5.75 Å². The lowest BCUT2D eigenvalue weighted by Gasteiger charge is -2.30. The average molecular weight is 724 g/mol. The standard InChI is InChI=1S/C29H26F10O10/c1-16(40)17-5-7-18(8-6-17)22(41)45-11-4-12-47-24(43)20-13-19(23(42)46-10-3-9-44-2)14-21(15-20)48-26(31,32)25(30)49-29(38,39)27(33,34)28(35,36)37/h5-8,13-15,25H,3-4,9-12H2,1-2H3. The number of rotatable bonds is 18. The molecule has 272 valence electrons. The molecule has 0 aromatic heterocycles. The van der Waals surface area contributed by atoms with E-state index in [2.05, 4.69) is 9.47 Å². The molecule has 2 aromatic rings. The maximum atomic E-state index is 14.3. The molecule has 0 saturated carbocycles. The molecular formula is C29H26F10O10. The molecule has 20 heteroatoms. The molecule has 0 fully saturated rings. The summed E-state index contributed by atoms with van der Waals surface area (Å²) in [6.07, 6.45) is -24.5. The lowest BCUT2D eigenvalue weighted by Crippen LogP contribution is -2.56. The molecule has 0 aliphatic carbocycles. The molecule has 0 radical (unpaired) electrons. The monoisotopic (exact) mass is 724 g/mol. The van der Waals surface area contributed by atoms with Gasteiger partial charge in [0, 0.05) is 32.1 Å². The highest BCUT2D eigenvalue weighted by Gasteiger charge is 2.76. The smallest absolute Gasteiger partial charge is 0.462 e. The van der Waals surface area contributed by atoms with Gasteiger partial charge in [-0.05, 0) is 37.3 Å². The number of carbonyl (C=O) groups is 4. The van der Waals surface area contributed by atoms with Gasteiger partial charge in [0.05, 0.1) is 36.5 Å². The molecule has 10 nitrogen and oxygen atoms in total. The number of benzene rings is 2. The van der Waals surface area contributed by atoms with Gasteiger partial charge < -0.3 is 23.7 Å². The Bertz CT molecular complexity index is 1460.